The number of aryl methyl sites for hydroxylation is 2. The molecule has 0 saturated carbocycles. The van der Waals surface area contributed by atoms with Gasteiger partial charge in [0.2, 0.25) is 0 Å². The van der Waals surface area contributed by atoms with Crippen LogP contribution in [0.5, 0.6) is 0 Å². The Morgan fingerprint density at radius 2 is 2.14 bits per heavy atom. The zero-order valence-electron chi connectivity index (χ0n) is 12.4. The molecule has 0 radical (unpaired) electrons. The molecule has 22 heavy (non-hydrogen) atoms. The summed E-state index contributed by atoms with van der Waals surface area (Å²) in [4.78, 5) is 21.3. The van der Waals surface area contributed by atoms with Gasteiger partial charge in [0, 0.05) is 36.9 Å². The average Bonchev–Trinajstić information content (AvgIpc) is 3.03. The monoisotopic (exact) mass is 316 g/mol. The van der Waals surface area contributed by atoms with Crippen molar-refractivity contribution in [3.63, 3.8) is 0 Å². The normalized spacial score (nSPS) is 11.2. The summed E-state index contributed by atoms with van der Waals surface area (Å²) in [6, 6.07) is 5.26. The van der Waals surface area contributed by atoms with Crippen LogP contribution in [0.25, 0.3) is 10.9 Å². The molecule has 114 valence electrons. The van der Waals surface area contributed by atoms with Gasteiger partial charge in [0.1, 0.15) is 5.82 Å². The van der Waals surface area contributed by atoms with Crippen LogP contribution >= 0.6 is 11.6 Å². The largest absolute Gasteiger partial charge is 0.337 e. The predicted molar refractivity (Wildman–Crippen MR) is 87.2 cm³/mol. The molecule has 0 unspecified atom stereocenters. The van der Waals surface area contributed by atoms with E-state index in [4.69, 9.17) is 11.6 Å². The third kappa shape index (κ3) is 2.90. The maximum atomic E-state index is 12.7. The predicted octanol–water partition coefficient (Wildman–Crippen LogP) is 2.90. The highest BCUT2D eigenvalue weighted by molar-refractivity contribution is 6.31. The summed E-state index contributed by atoms with van der Waals surface area (Å²) in [6.45, 7) is 3.47. The van der Waals surface area contributed by atoms with Gasteiger partial charge in [-0.2, -0.15) is 0 Å². The van der Waals surface area contributed by atoms with Crippen molar-refractivity contribution in [3.8, 4) is 0 Å². The number of imidazole rings is 1. The van der Waals surface area contributed by atoms with Crippen molar-refractivity contribution in [1.29, 1.82) is 0 Å². The van der Waals surface area contributed by atoms with Crippen LogP contribution in [0.15, 0.2) is 41.7 Å². The lowest BCUT2D eigenvalue weighted by molar-refractivity contribution is 0.534. The first-order valence-electron chi connectivity index (χ1n) is 7.33. The summed E-state index contributed by atoms with van der Waals surface area (Å²) in [7, 11) is 0. The second-order valence-electron chi connectivity index (χ2n) is 5.15. The molecule has 0 atom stereocenters. The summed E-state index contributed by atoms with van der Waals surface area (Å²) in [5, 5.41) is 1.13. The van der Waals surface area contributed by atoms with Crippen molar-refractivity contribution in [2.24, 2.45) is 0 Å². The Kier molecular flexibility index (Phi) is 4.24. The van der Waals surface area contributed by atoms with Crippen molar-refractivity contribution in [3.05, 3.63) is 58.1 Å². The molecular weight excluding hydrogens is 300 g/mol. The number of aromatic nitrogens is 4. The fraction of sp³-hybridized carbons (Fsp3) is 0.312. The second kappa shape index (κ2) is 6.32. The Morgan fingerprint density at radius 3 is 2.86 bits per heavy atom. The van der Waals surface area contributed by atoms with Crippen LogP contribution in [0.1, 0.15) is 19.2 Å². The summed E-state index contributed by atoms with van der Waals surface area (Å²) in [5.41, 5.74) is 0.687. The molecule has 1 aromatic carbocycles. The van der Waals surface area contributed by atoms with Gasteiger partial charge in [0.05, 0.1) is 17.2 Å². The number of hydrogen-bond donors (Lipinski definition) is 0. The Bertz CT molecular complexity index is 839. The van der Waals surface area contributed by atoms with E-state index in [-0.39, 0.29) is 5.56 Å². The van der Waals surface area contributed by atoms with E-state index >= 15 is 0 Å². The third-order valence-electron chi connectivity index (χ3n) is 3.67. The third-order valence-corrected chi connectivity index (χ3v) is 3.90. The molecule has 3 aromatic rings. The van der Waals surface area contributed by atoms with Crippen LogP contribution < -0.4 is 5.56 Å². The molecule has 0 spiro atoms. The van der Waals surface area contributed by atoms with Crippen molar-refractivity contribution in [2.75, 3.05) is 0 Å². The Labute approximate surface area is 133 Å². The number of rotatable bonds is 5. The SMILES string of the molecule is CCc1nc2ccc(Cl)cc2c(=O)n1CCCn1ccnc1. The van der Waals surface area contributed by atoms with Gasteiger partial charge in [-0.1, -0.05) is 18.5 Å². The zero-order valence-corrected chi connectivity index (χ0v) is 13.1. The van der Waals surface area contributed by atoms with Crippen molar-refractivity contribution >= 4 is 22.5 Å². The number of fused-ring (bicyclic) bond motifs is 1. The standard InChI is InChI=1S/C16H17ClN4O/c1-2-15-19-14-5-4-12(17)10-13(14)16(22)21(15)8-3-7-20-9-6-18-11-20/h4-6,9-11H,2-3,7-8H2,1H3. The van der Waals surface area contributed by atoms with E-state index in [1.54, 1.807) is 35.3 Å². The minimum Gasteiger partial charge on any atom is -0.337 e. The smallest absolute Gasteiger partial charge is 0.261 e. The van der Waals surface area contributed by atoms with E-state index < -0.39 is 0 Å². The van der Waals surface area contributed by atoms with Crippen LogP contribution in [0.2, 0.25) is 5.02 Å². The zero-order chi connectivity index (χ0) is 15.5. The summed E-state index contributed by atoms with van der Waals surface area (Å²) < 4.78 is 3.76. The van der Waals surface area contributed by atoms with Crippen molar-refractivity contribution in [1.82, 2.24) is 19.1 Å². The molecule has 0 aliphatic rings. The molecule has 2 aromatic heterocycles. The topological polar surface area (TPSA) is 52.7 Å². The van der Waals surface area contributed by atoms with Crippen LogP contribution in [0.3, 0.4) is 0 Å². The second-order valence-corrected chi connectivity index (χ2v) is 5.59. The fourth-order valence-electron chi connectivity index (χ4n) is 2.57. The first-order valence-corrected chi connectivity index (χ1v) is 7.71. The van der Waals surface area contributed by atoms with Crippen LogP contribution in [0.4, 0.5) is 0 Å². The fourth-order valence-corrected chi connectivity index (χ4v) is 2.74. The molecular formula is C16H17ClN4O. The van der Waals surface area contributed by atoms with Gasteiger partial charge < -0.3 is 4.57 Å². The van der Waals surface area contributed by atoms with E-state index in [0.717, 1.165) is 25.2 Å². The summed E-state index contributed by atoms with van der Waals surface area (Å²) in [5.74, 6) is 0.811. The lowest BCUT2D eigenvalue weighted by atomic mass is 10.2. The molecule has 3 rings (SSSR count). The Balaban J connectivity index is 1.93. The van der Waals surface area contributed by atoms with Gasteiger partial charge in [0.15, 0.2) is 0 Å². The highest BCUT2D eigenvalue weighted by Gasteiger charge is 2.10. The van der Waals surface area contributed by atoms with Gasteiger partial charge in [-0.3, -0.25) is 9.36 Å². The maximum Gasteiger partial charge on any atom is 0.261 e. The first-order chi connectivity index (χ1) is 10.7. The number of nitrogens with zero attached hydrogens (tertiary/aromatic N) is 4. The molecule has 0 fully saturated rings. The molecule has 0 aliphatic heterocycles. The lowest BCUT2D eigenvalue weighted by Gasteiger charge is -2.12. The van der Waals surface area contributed by atoms with E-state index in [1.165, 1.54) is 0 Å². The Hall–Kier alpha value is -2.14. The first kappa shape index (κ1) is 14.8. The summed E-state index contributed by atoms with van der Waals surface area (Å²) in [6.07, 6.45) is 7.02. The van der Waals surface area contributed by atoms with Crippen molar-refractivity contribution in [2.45, 2.75) is 32.9 Å². The van der Waals surface area contributed by atoms with E-state index in [0.29, 0.717) is 22.5 Å². The molecule has 6 heteroatoms. The summed E-state index contributed by atoms with van der Waals surface area (Å²) >= 11 is 6.00. The van der Waals surface area contributed by atoms with E-state index in [9.17, 15) is 4.79 Å². The van der Waals surface area contributed by atoms with Gasteiger partial charge >= 0.3 is 0 Å². The molecule has 0 aliphatic carbocycles. The van der Waals surface area contributed by atoms with E-state index in [1.807, 2.05) is 17.7 Å². The molecule has 0 N–H and O–H groups in total. The van der Waals surface area contributed by atoms with Crippen LogP contribution in [-0.4, -0.2) is 19.1 Å². The Morgan fingerprint density at radius 1 is 1.27 bits per heavy atom. The molecule has 5 nitrogen and oxygen atoms in total. The number of halogens is 1. The average molecular weight is 317 g/mol. The van der Waals surface area contributed by atoms with Crippen LogP contribution in [0, 0.1) is 0 Å². The number of benzene rings is 1. The van der Waals surface area contributed by atoms with Gasteiger partial charge in [-0.15, -0.1) is 0 Å². The van der Waals surface area contributed by atoms with Crippen molar-refractivity contribution < 1.29 is 0 Å². The highest BCUT2D eigenvalue weighted by atomic mass is 35.5. The number of hydrogen-bond acceptors (Lipinski definition) is 3. The van der Waals surface area contributed by atoms with Crippen LogP contribution in [-0.2, 0) is 19.5 Å². The molecule has 2 heterocycles. The highest BCUT2D eigenvalue weighted by Crippen LogP contribution is 2.15. The van der Waals surface area contributed by atoms with Gasteiger partial charge in [0.25, 0.3) is 5.56 Å². The van der Waals surface area contributed by atoms with Gasteiger partial charge in [-0.05, 0) is 24.6 Å². The quantitative estimate of drug-likeness (QED) is 0.727. The molecule has 0 saturated heterocycles. The lowest BCUT2D eigenvalue weighted by Crippen LogP contribution is -2.25. The van der Waals surface area contributed by atoms with Gasteiger partial charge in [-0.25, -0.2) is 9.97 Å². The maximum absolute atomic E-state index is 12.7. The molecule has 0 bridgehead atoms. The van der Waals surface area contributed by atoms with E-state index in [2.05, 4.69) is 9.97 Å². The minimum absolute atomic E-state index is 0.0185. The molecule has 0 amide bonds. The minimum atomic E-state index is -0.0185.